The van der Waals surface area contributed by atoms with Crippen molar-refractivity contribution in [1.82, 2.24) is 25.1 Å². The van der Waals surface area contributed by atoms with Crippen LogP contribution in [-0.2, 0) is 17.9 Å². The number of carbonyl (C=O) groups is 1. The Morgan fingerprint density at radius 1 is 1.40 bits per heavy atom. The summed E-state index contributed by atoms with van der Waals surface area (Å²) in [6.07, 6.45) is 2.74. The normalized spacial score (nSPS) is 19.4. The third-order valence-electron chi connectivity index (χ3n) is 4.34. The molecule has 0 aliphatic heterocycles. The van der Waals surface area contributed by atoms with E-state index in [1.165, 1.54) is 18.3 Å². The number of pyridine rings is 1. The van der Waals surface area contributed by atoms with E-state index in [-0.39, 0.29) is 35.9 Å². The number of ether oxygens (including phenoxy) is 1. The molecule has 1 amide bonds. The van der Waals surface area contributed by atoms with Gasteiger partial charge < -0.3 is 24.8 Å². The number of rotatable bonds is 7. The van der Waals surface area contributed by atoms with E-state index in [1.54, 1.807) is 7.11 Å². The molecule has 9 heteroatoms. The van der Waals surface area contributed by atoms with E-state index < -0.39 is 0 Å². The van der Waals surface area contributed by atoms with Crippen LogP contribution in [0.5, 0.6) is 5.75 Å². The van der Waals surface area contributed by atoms with Gasteiger partial charge in [0.15, 0.2) is 5.82 Å². The van der Waals surface area contributed by atoms with Gasteiger partial charge in [0.2, 0.25) is 0 Å². The van der Waals surface area contributed by atoms with Gasteiger partial charge in [-0.15, -0.1) is 10.2 Å². The Balaban J connectivity index is 1.58. The maximum atomic E-state index is 12.1. The predicted molar refractivity (Wildman–Crippen MR) is 87.0 cm³/mol. The van der Waals surface area contributed by atoms with Gasteiger partial charge in [0.05, 0.1) is 12.8 Å². The van der Waals surface area contributed by atoms with Crippen LogP contribution in [0.25, 0.3) is 0 Å². The number of hydrogen-bond donors (Lipinski definition) is 3. The van der Waals surface area contributed by atoms with Gasteiger partial charge >= 0.3 is 0 Å². The number of methoxy groups -OCH3 is 1. The Hall–Kier alpha value is -2.52. The van der Waals surface area contributed by atoms with E-state index in [1.807, 2.05) is 4.57 Å². The van der Waals surface area contributed by atoms with Crippen LogP contribution in [0.2, 0.25) is 0 Å². The molecule has 1 aliphatic carbocycles. The van der Waals surface area contributed by atoms with Crippen LogP contribution in [0.4, 0.5) is 0 Å². The van der Waals surface area contributed by atoms with E-state index in [4.69, 9.17) is 4.74 Å². The third-order valence-corrected chi connectivity index (χ3v) is 4.34. The van der Waals surface area contributed by atoms with Crippen molar-refractivity contribution in [2.45, 2.75) is 38.0 Å². The van der Waals surface area contributed by atoms with Gasteiger partial charge in [-0.3, -0.25) is 4.79 Å². The standard InChI is InChI=1S/C16H21N5O4/c1-25-5-4-21-14(9-22)19-20-15(21)10-6-11(7-10)18-16(24)13-3-2-12(23)8-17-13/h2-3,8,10-11,22-23H,4-7,9H2,1H3,(H,18,24). The molecule has 0 spiro atoms. The van der Waals surface area contributed by atoms with Crippen molar-refractivity contribution in [3.8, 4) is 5.75 Å². The Bertz CT molecular complexity index is 725. The van der Waals surface area contributed by atoms with E-state index in [0.29, 0.717) is 19.0 Å². The summed E-state index contributed by atoms with van der Waals surface area (Å²) in [6.45, 7) is 0.924. The van der Waals surface area contributed by atoms with E-state index in [2.05, 4.69) is 20.5 Å². The molecule has 134 valence electrons. The Labute approximate surface area is 144 Å². The highest BCUT2D eigenvalue weighted by molar-refractivity contribution is 5.92. The summed E-state index contributed by atoms with van der Waals surface area (Å²) in [5.41, 5.74) is 0.270. The van der Waals surface area contributed by atoms with Crippen molar-refractivity contribution in [3.63, 3.8) is 0 Å². The fraction of sp³-hybridized carbons (Fsp3) is 0.500. The number of nitrogens with zero attached hydrogens (tertiary/aromatic N) is 4. The number of hydrogen-bond acceptors (Lipinski definition) is 7. The van der Waals surface area contributed by atoms with Crippen LogP contribution in [0, 0.1) is 0 Å². The summed E-state index contributed by atoms with van der Waals surface area (Å²) in [5.74, 6) is 1.28. The number of aromatic nitrogens is 4. The van der Waals surface area contributed by atoms with Crippen molar-refractivity contribution in [1.29, 1.82) is 0 Å². The molecule has 2 heterocycles. The van der Waals surface area contributed by atoms with Crippen LogP contribution in [0.15, 0.2) is 18.3 Å². The zero-order chi connectivity index (χ0) is 17.8. The molecule has 2 aromatic heterocycles. The molecule has 1 saturated carbocycles. The van der Waals surface area contributed by atoms with Gasteiger partial charge in [-0.2, -0.15) is 0 Å². The van der Waals surface area contributed by atoms with Crippen LogP contribution < -0.4 is 5.32 Å². The van der Waals surface area contributed by atoms with Gasteiger partial charge in [-0.1, -0.05) is 0 Å². The fourth-order valence-electron chi connectivity index (χ4n) is 2.92. The van der Waals surface area contributed by atoms with Crippen LogP contribution in [-0.4, -0.2) is 55.6 Å². The zero-order valence-corrected chi connectivity index (χ0v) is 13.9. The highest BCUT2D eigenvalue weighted by Crippen LogP contribution is 2.36. The van der Waals surface area contributed by atoms with Crippen LogP contribution >= 0.6 is 0 Å². The quantitative estimate of drug-likeness (QED) is 0.653. The maximum absolute atomic E-state index is 12.1. The van der Waals surface area contributed by atoms with Gasteiger partial charge in [-0.25, -0.2) is 4.98 Å². The van der Waals surface area contributed by atoms with Crippen molar-refractivity contribution < 1.29 is 19.7 Å². The molecule has 2 aromatic rings. The Kier molecular flexibility index (Phi) is 5.25. The topological polar surface area (TPSA) is 122 Å². The lowest BCUT2D eigenvalue weighted by atomic mass is 9.79. The molecule has 1 fully saturated rings. The predicted octanol–water partition coefficient (Wildman–Crippen LogP) is 0.193. The van der Waals surface area contributed by atoms with Gasteiger partial charge in [0, 0.05) is 25.6 Å². The first-order valence-electron chi connectivity index (χ1n) is 8.10. The minimum absolute atomic E-state index is 0.0235. The minimum atomic E-state index is -0.264. The highest BCUT2D eigenvalue weighted by atomic mass is 16.5. The van der Waals surface area contributed by atoms with Crippen molar-refractivity contribution in [3.05, 3.63) is 35.7 Å². The second-order valence-electron chi connectivity index (χ2n) is 6.02. The number of aromatic hydroxyl groups is 1. The molecule has 0 atom stereocenters. The lowest BCUT2D eigenvalue weighted by Crippen LogP contribution is -2.44. The number of carbonyl (C=O) groups excluding carboxylic acids is 1. The average molecular weight is 347 g/mol. The molecule has 9 nitrogen and oxygen atoms in total. The van der Waals surface area contributed by atoms with Gasteiger partial charge in [0.1, 0.15) is 23.9 Å². The molecule has 25 heavy (non-hydrogen) atoms. The highest BCUT2D eigenvalue weighted by Gasteiger charge is 2.35. The second-order valence-corrected chi connectivity index (χ2v) is 6.02. The number of amides is 1. The summed E-state index contributed by atoms with van der Waals surface area (Å²) < 4.78 is 6.98. The minimum Gasteiger partial charge on any atom is -0.506 e. The molecule has 0 unspecified atom stereocenters. The van der Waals surface area contributed by atoms with E-state index >= 15 is 0 Å². The number of aliphatic hydroxyl groups excluding tert-OH is 1. The molecule has 0 bridgehead atoms. The van der Waals surface area contributed by atoms with Crippen molar-refractivity contribution in [2.75, 3.05) is 13.7 Å². The largest absolute Gasteiger partial charge is 0.506 e. The first-order chi connectivity index (χ1) is 12.1. The molecule has 0 radical (unpaired) electrons. The summed E-state index contributed by atoms with van der Waals surface area (Å²) in [7, 11) is 1.62. The molecular formula is C16H21N5O4. The Morgan fingerprint density at radius 2 is 2.20 bits per heavy atom. The fourth-order valence-corrected chi connectivity index (χ4v) is 2.92. The lowest BCUT2D eigenvalue weighted by molar-refractivity contribution is 0.0901. The average Bonchev–Trinajstić information content (AvgIpc) is 2.98. The van der Waals surface area contributed by atoms with Gasteiger partial charge in [-0.05, 0) is 25.0 Å². The summed E-state index contributed by atoms with van der Waals surface area (Å²) >= 11 is 0. The van der Waals surface area contributed by atoms with Crippen LogP contribution in [0.3, 0.4) is 0 Å². The molecular weight excluding hydrogens is 326 g/mol. The van der Waals surface area contributed by atoms with Crippen molar-refractivity contribution in [2.24, 2.45) is 0 Å². The SMILES string of the molecule is COCCn1c(CO)nnc1C1CC(NC(=O)c2ccc(O)cn2)C1. The molecule has 3 N–H and O–H groups in total. The smallest absolute Gasteiger partial charge is 0.270 e. The summed E-state index contributed by atoms with van der Waals surface area (Å²) in [6, 6.07) is 2.95. The molecule has 0 saturated heterocycles. The van der Waals surface area contributed by atoms with E-state index in [9.17, 15) is 15.0 Å². The van der Waals surface area contributed by atoms with Crippen LogP contribution in [0.1, 0.15) is 40.9 Å². The number of nitrogens with one attached hydrogen (secondary N) is 1. The third kappa shape index (κ3) is 3.77. The monoisotopic (exact) mass is 347 g/mol. The lowest BCUT2D eigenvalue weighted by Gasteiger charge is -2.35. The van der Waals surface area contributed by atoms with E-state index in [0.717, 1.165) is 18.7 Å². The first-order valence-corrected chi connectivity index (χ1v) is 8.10. The summed E-state index contributed by atoms with van der Waals surface area (Å²) in [4.78, 5) is 16.0. The molecule has 0 aromatic carbocycles. The Morgan fingerprint density at radius 3 is 2.84 bits per heavy atom. The number of aliphatic hydroxyl groups is 1. The molecule has 1 aliphatic rings. The first kappa shape index (κ1) is 17.3. The summed E-state index contributed by atoms with van der Waals surface area (Å²) in [5, 5.41) is 29.7. The van der Waals surface area contributed by atoms with Crippen molar-refractivity contribution >= 4 is 5.91 Å². The zero-order valence-electron chi connectivity index (χ0n) is 13.9. The molecule has 3 rings (SSSR count). The van der Waals surface area contributed by atoms with Gasteiger partial charge in [0.25, 0.3) is 5.91 Å². The second kappa shape index (κ2) is 7.58. The maximum Gasteiger partial charge on any atom is 0.270 e.